The minimum absolute atomic E-state index is 0.161. The number of fused-ring (bicyclic) bond motifs is 1. The van der Waals surface area contributed by atoms with Crippen molar-refractivity contribution in [2.45, 2.75) is 19.9 Å². The van der Waals surface area contributed by atoms with Crippen LogP contribution in [0.3, 0.4) is 0 Å². The molecule has 1 aliphatic rings. The van der Waals surface area contributed by atoms with Crippen molar-refractivity contribution in [1.29, 1.82) is 0 Å². The molecule has 1 atom stereocenters. The van der Waals surface area contributed by atoms with Gasteiger partial charge in [-0.25, -0.2) is 9.79 Å². The van der Waals surface area contributed by atoms with Gasteiger partial charge in [-0.3, -0.25) is 9.36 Å². The number of aryl methyl sites for hydroxylation is 1. The molecule has 1 unspecified atom stereocenters. The van der Waals surface area contributed by atoms with Crippen molar-refractivity contribution in [2.24, 2.45) is 4.99 Å². The van der Waals surface area contributed by atoms with Gasteiger partial charge in [-0.2, -0.15) is 0 Å². The highest BCUT2D eigenvalue weighted by Crippen LogP contribution is 2.42. The minimum atomic E-state index is -0.883. The van der Waals surface area contributed by atoms with Crippen molar-refractivity contribution in [3.63, 3.8) is 0 Å². The van der Waals surface area contributed by atoms with Crippen LogP contribution >= 0.6 is 11.3 Å². The van der Waals surface area contributed by atoms with Crippen molar-refractivity contribution < 1.29 is 23.4 Å². The number of ether oxygens (including phenoxy) is 3. The van der Waals surface area contributed by atoms with E-state index in [0.29, 0.717) is 37.9 Å². The first-order valence-electron chi connectivity index (χ1n) is 12.0. The Bertz CT molecular complexity index is 1710. The normalized spacial score (nSPS) is 15.2. The summed E-state index contributed by atoms with van der Waals surface area (Å²) in [7, 11) is 3.06. The number of aromatic nitrogens is 1. The third-order valence-corrected chi connectivity index (χ3v) is 7.12. The fraction of sp³-hybridized carbons (Fsp3) is 0.207. The first kappa shape index (κ1) is 25.3. The SMILES string of the molecule is CCOC(=O)C1=C(c2ccccc2)N=c2sc(=Cc3ccc(C)o3)c(=O)n2C1c1cccc(OC)c1OC. The molecular weight excluding hydrogens is 504 g/mol. The van der Waals surface area contributed by atoms with Crippen LogP contribution in [-0.2, 0) is 9.53 Å². The quantitative estimate of drug-likeness (QED) is 0.337. The second-order valence-corrected chi connectivity index (χ2v) is 9.47. The topological polar surface area (TPSA) is 92.3 Å². The van der Waals surface area contributed by atoms with Crippen molar-refractivity contribution in [1.82, 2.24) is 4.57 Å². The zero-order valence-corrected chi connectivity index (χ0v) is 22.2. The molecule has 5 rings (SSSR count). The summed E-state index contributed by atoms with van der Waals surface area (Å²) in [4.78, 5) is 32.8. The van der Waals surface area contributed by atoms with E-state index in [2.05, 4.69) is 0 Å². The number of methoxy groups -OCH3 is 2. The highest BCUT2D eigenvalue weighted by atomic mass is 32.1. The molecule has 1 aliphatic heterocycles. The fourth-order valence-corrected chi connectivity index (χ4v) is 5.50. The van der Waals surface area contributed by atoms with Crippen LogP contribution in [0.15, 0.2) is 80.4 Å². The zero-order valence-electron chi connectivity index (χ0n) is 21.4. The van der Waals surface area contributed by atoms with E-state index in [1.807, 2.05) is 49.4 Å². The number of furan rings is 1. The molecule has 0 N–H and O–H groups in total. The van der Waals surface area contributed by atoms with Crippen LogP contribution in [-0.4, -0.2) is 31.4 Å². The van der Waals surface area contributed by atoms with Gasteiger partial charge in [-0.1, -0.05) is 53.8 Å². The number of nitrogens with zero attached hydrogens (tertiary/aromatic N) is 2. The van der Waals surface area contributed by atoms with Crippen molar-refractivity contribution >= 4 is 29.1 Å². The Hall–Kier alpha value is -4.37. The Morgan fingerprint density at radius 2 is 1.87 bits per heavy atom. The first-order chi connectivity index (χ1) is 18.5. The molecule has 0 amide bonds. The molecule has 0 fully saturated rings. The molecule has 0 spiro atoms. The molecule has 2 aromatic heterocycles. The van der Waals surface area contributed by atoms with Gasteiger partial charge in [0.05, 0.1) is 36.6 Å². The molecule has 3 heterocycles. The predicted molar refractivity (Wildman–Crippen MR) is 144 cm³/mol. The van der Waals surface area contributed by atoms with E-state index in [-0.39, 0.29) is 17.7 Å². The third-order valence-electron chi connectivity index (χ3n) is 6.14. The van der Waals surface area contributed by atoms with Gasteiger partial charge < -0.3 is 18.6 Å². The number of carbonyl (C=O) groups is 1. The van der Waals surface area contributed by atoms with Gasteiger partial charge in [-0.05, 0) is 32.0 Å². The summed E-state index contributed by atoms with van der Waals surface area (Å²) in [6.45, 7) is 3.74. The maximum Gasteiger partial charge on any atom is 0.338 e. The minimum Gasteiger partial charge on any atom is -0.493 e. The van der Waals surface area contributed by atoms with Crippen LogP contribution in [0.25, 0.3) is 11.8 Å². The van der Waals surface area contributed by atoms with Crippen molar-refractivity contribution in [3.8, 4) is 11.5 Å². The summed E-state index contributed by atoms with van der Waals surface area (Å²) in [5, 5.41) is 0. The van der Waals surface area contributed by atoms with Crippen LogP contribution in [0.1, 0.15) is 35.6 Å². The number of carbonyl (C=O) groups excluding carboxylic acids is 1. The second kappa shape index (κ2) is 10.5. The summed E-state index contributed by atoms with van der Waals surface area (Å²) >= 11 is 1.22. The molecule has 38 heavy (non-hydrogen) atoms. The molecule has 0 saturated carbocycles. The Kier molecular flexibility index (Phi) is 7.02. The molecule has 4 aromatic rings. The zero-order chi connectivity index (χ0) is 26.8. The Morgan fingerprint density at radius 3 is 2.53 bits per heavy atom. The van der Waals surface area contributed by atoms with Gasteiger partial charge in [0.1, 0.15) is 17.6 Å². The Labute approximate surface area is 222 Å². The summed E-state index contributed by atoms with van der Waals surface area (Å²) in [6.07, 6.45) is 1.69. The standard InChI is InChI=1S/C29H26N2O6S/c1-5-36-28(33)23-24(18-10-7-6-8-11-18)30-29-31(25(23)20-12-9-13-21(34-3)26(20)35-4)27(32)22(38-29)16-19-15-14-17(2)37-19/h6-16,25H,5H2,1-4H3. The van der Waals surface area contributed by atoms with Gasteiger partial charge >= 0.3 is 5.97 Å². The predicted octanol–water partition coefficient (Wildman–Crippen LogP) is 3.85. The molecule has 0 aliphatic carbocycles. The van der Waals surface area contributed by atoms with Gasteiger partial charge in [-0.15, -0.1) is 0 Å². The van der Waals surface area contributed by atoms with Crippen LogP contribution in [0.5, 0.6) is 11.5 Å². The number of rotatable bonds is 7. The van der Waals surface area contributed by atoms with E-state index >= 15 is 0 Å². The van der Waals surface area contributed by atoms with Crippen LogP contribution < -0.4 is 24.4 Å². The molecule has 8 nitrogen and oxygen atoms in total. The molecule has 9 heteroatoms. The molecule has 0 saturated heterocycles. The molecular formula is C29H26N2O6S. The van der Waals surface area contributed by atoms with Gasteiger partial charge in [0.2, 0.25) is 0 Å². The average Bonchev–Trinajstić information content (AvgIpc) is 3.49. The van der Waals surface area contributed by atoms with E-state index in [4.69, 9.17) is 23.6 Å². The monoisotopic (exact) mass is 530 g/mol. The largest absolute Gasteiger partial charge is 0.493 e. The number of hydrogen-bond acceptors (Lipinski definition) is 8. The maximum atomic E-state index is 13.9. The van der Waals surface area contributed by atoms with Gasteiger partial charge in [0, 0.05) is 17.2 Å². The van der Waals surface area contributed by atoms with Crippen LogP contribution in [0.2, 0.25) is 0 Å². The Balaban J connectivity index is 1.89. The van der Waals surface area contributed by atoms with Crippen molar-refractivity contribution in [2.75, 3.05) is 20.8 Å². The van der Waals surface area contributed by atoms with E-state index in [1.54, 1.807) is 31.2 Å². The smallest absolute Gasteiger partial charge is 0.338 e. The third kappa shape index (κ3) is 4.45. The maximum absolute atomic E-state index is 13.9. The number of para-hydroxylation sites is 1. The second-order valence-electron chi connectivity index (χ2n) is 8.46. The number of benzene rings is 2. The highest BCUT2D eigenvalue weighted by Gasteiger charge is 2.37. The summed E-state index contributed by atoms with van der Waals surface area (Å²) < 4.78 is 24.4. The lowest BCUT2D eigenvalue weighted by Gasteiger charge is -2.27. The molecule has 0 radical (unpaired) electrons. The van der Waals surface area contributed by atoms with E-state index in [1.165, 1.54) is 30.1 Å². The van der Waals surface area contributed by atoms with Gasteiger partial charge in [0.15, 0.2) is 16.3 Å². The van der Waals surface area contributed by atoms with Crippen LogP contribution in [0, 0.1) is 6.92 Å². The number of thiazole rings is 1. The van der Waals surface area contributed by atoms with Crippen molar-refractivity contribution in [3.05, 3.63) is 109 Å². The lowest BCUT2D eigenvalue weighted by molar-refractivity contribution is -0.138. The average molecular weight is 531 g/mol. The van der Waals surface area contributed by atoms with E-state index < -0.39 is 12.0 Å². The first-order valence-corrected chi connectivity index (χ1v) is 12.8. The summed E-state index contributed by atoms with van der Waals surface area (Å²) in [6, 6.07) is 17.5. The summed E-state index contributed by atoms with van der Waals surface area (Å²) in [5.74, 6) is 1.60. The number of esters is 1. The lowest BCUT2D eigenvalue weighted by Crippen LogP contribution is -2.40. The van der Waals surface area contributed by atoms with E-state index in [0.717, 1.165) is 11.3 Å². The summed E-state index contributed by atoms with van der Waals surface area (Å²) in [5.41, 5.74) is 1.64. The molecule has 194 valence electrons. The van der Waals surface area contributed by atoms with Gasteiger partial charge in [0.25, 0.3) is 5.56 Å². The fourth-order valence-electron chi connectivity index (χ4n) is 4.52. The van der Waals surface area contributed by atoms with E-state index in [9.17, 15) is 9.59 Å². The lowest BCUT2D eigenvalue weighted by atomic mass is 9.92. The molecule has 2 aromatic carbocycles. The molecule has 0 bridgehead atoms. The van der Waals surface area contributed by atoms with Crippen LogP contribution in [0.4, 0.5) is 0 Å². The Morgan fingerprint density at radius 1 is 1.08 bits per heavy atom. The highest BCUT2D eigenvalue weighted by molar-refractivity contribution is 7.07. The number of hydrogen-bond donors (Lipinski definition) is 0.